The number of hydrogen-bond acceptors (Lipinski definition) is 5. The van der Waals surface area contributed by atoms with Crippen LogP contribution in [0.2, 0.25) is 0 Å². The van der Waals surface area contributed by atoms with E-state index in [0.717, 1.165) is 27.1 Å². The van der Waals surface area contributed by atoms with Crippen LogP contribution in [0.3, 0.4) is 0 Å². The van der Waals surface area contributed by atoms with Crippen molar-refractivity contribution in [2.24, 2.45) is 0 Å². The van der Waals surface area contributed by atoms with E-state index in [-0.39, 0.29) is 0 Å². The molecule has 0 amide bonds. The molecule has 0 radical (unpaired) electrons. The monoisotopic (exact) mass is 362 g/mol. The summed E-state index contributed by atoms with van der Waals surface area (Å²) in [5.74, 6) is 1.33. The highest BCUT2D eigenvalue weighted by Crippen LogP contribution is 2.23. The molecule has 0 aliphatic heterocycles. The average molecular weight is 363 g/mol. The Morgan fingerprint density at radius 3 is 2.67 bits per heavy atom. The van der Waals surface area contributed by atoms with Gasteiger partial charge in [0.25, 0.3) is 0 Å². The summed E-state index contributed by atoms with van der Waals surface area (Å²) in [6.45, 7) is 1.52. The molecule has 1 aromatic carbocycles. The van der Waals surface area contributed by atoms with Crippen molar-refractivity contribution >= 4 is 43.3 Å². The van der Waals surface area contributed by atoms with Gasteiger partial charge in [0.05, 0.1) is 11.9 Å². The largest absolute Gasteiger partial charge is 0.383 e. The van der Waals surface area contributed by atoms with Crippen LogP contribution in [0.5, 0.6) is 0 Å². The molecule has 0 saturated heterocycles. The van der Waals surface area contributed by atoms with Gasteiger partial charge in [-0.05, 0) is 36.2 Å². The maximum absolute atomic E-state index is 5.98. The minimum Gasteiger partial charge on any atom is -0.383 e. The number of hydrogen-bond donors (Lipinski definition) is 1. The molecule has 0 atom stereocenters. The summed E-state index contributed by atoms with van der Waals surface area (Å²) < 4.78 is 1.09. The van der Waals surface area contributed by atoms with Gasteiger partial charge in [0, 0.05) is 11.0 Å². The Morgan fingerprint density at radius 1 is 1.14 bits per heavy atom. The van der Waals surface area contributed by atoms with Crippen LogP contribution in [0.15, 0.2) is 40.2 Å². The molecule has 0 saturated carbocycles. The molecule has 0 spiro atoms. The summed E-state index contributed by atoms with van der Waals surface area (Å²) in [5, 5.41) is 2.93. The summed E-state index contributed by atoms with van der Waals surface area (Å²) in [6.07, 6.45) is 0. The Kier molecular flexibility index (Phi) is 4.19. The highest BCUT2D eigenvalue weighted by molar-refractivity contribution is 9.10. The van der Waals surface area contributed by atoms with Crippen molar-refractivity contribution in [1.82, 2.24) is 14.9 Å². The summed E-state index contributed by atoms with van der Waals surface area (Å²) in [4.78, 5) is 12.1. The number of fused-ring (bicyclic) bond motifs is 1. The summed E-state index contributed by atoms with van der Waals surface area (Å²) in [6, 6.07) is 10.3. The maximum atomic E-state index is 5.98. The van der Waals surface area contributed by atoms with Gasteiger partial charge < -0.3 is 5.73 Å². The fraction of sp³-hybridized carbons (Fsp3) is 0.200. The number of nitrogens with zero attached hydrogens (tertiary/aromatic N) is 3. The third kappa shape index (κ3) is 3.40. The highest BCUT2D eigenvalue weighted by atomic mass is 79.9. The van der Waals surface area contributed by atoms with E-state index < -0.39 is 0 Å². The minimum absolute atomic E-state index is 0.563. The lowest BCUT2D eigenvalue weighted by molar-refractivity contribution is 0.311. The van der Waals surface area contributed by atoms with E-state index in [1.165, 1.54) is 5.56 Å². The van der Waals surface area contributed by atoms with E-state index in [4.69, 9.17) is 5.73 Å². The fourth-order valence-electron chi connectivity index (χ4n) is 2.19. The second kappa shape index (κ2) is 6.09. The van der Waals surface area contributed by atoms with Gasteiger partial charge >= 0.3 is 0 Å². The Labute approximate surface area is 135 Å². The average Bonchev–Trinajstić information content (AvgIpc) is 2.90. The molecule has 0 aliphatic rings. The molecule has 4 nitrogen and oxygen atoms in total. The van der Waals surface area contributed by atoms with Gasteiger partial charge in [0.15, 0.2) is 0 Å². The molecule has 21 heavy (non-hydrogen) atoms. The number of aromatic nitrogens is 2. The van der Waals surface area contributed by atoms with Crippen molar-refractivity contribution in [3.63, 3.8) is 0 Å². The first-order valence-electron chi connectivity index (χ1n) is 6.54. The standard InChI is InChI=1S/C15H15BrN4S/c1-20(8-10-2-4-11(16)5-3-10)9-13-18-14(17)12-6-7-21-15(12)19-13/h2-7H,8-9H2,1H3,(H2,17,18,19). The zero-order valence-corrected chi connectivity index (χ0v) is 14.0. The van der Waals surface area contributed by atoms with Crippen LogP contribution in [0.1, 0.15) is 11.4 Å². The SMILES string of the molecule is CN(Cc1ccc(Br)cc1)Cc1nc(N)c2ccsc2n1. The Bertz CT molecular complexity index is 754. The van der Waals surface area contributed by atoms with Crippen LogP contribution in [0.4, 0.5) is 5.82 Å². The van der Waals surface area contributed by atoms with Crippen molar-refractivity contribution in [3.8, 4) is 0 Å². The Balaban J connectivity index is 1.73. The lowest BCUT2D eigenvalue weighted by atomic mass is 10.2. The molecule has 0 unspecified atom stereocenters. The van der Waals surface area contributed by atoms with Gasteiger partial charge in [-0.25, -0.2) is 9.97 Å². The highest BCUT2D eigenvalue weighted by Gasteiger charge is 2.09. The quantitative estimate of drug-likeness (QED) is 0.769. The number of anilines is 1. The normalized spacial score (nSPS) is 11.4. The van der Waals surface area contributed by atoms with Crippen LogP contribution in [0, 0.1) is 0 Å². The van der Waals surface area contributed by atoms with Gasteiger partial charge in [-0.2, -0.15) is 0 Å². The van der Waals surface area contributed by atoms with E-state index in [2.05, 4.69) is 62.1 Å². The third-order valence-corrected chi connectivity index (χ3v) is 4.51. The number of nitrogens with two attached hydrogens (primary N) is 1. The number of rotatable bonds is 4. The van der Waals surface area contributed by atoms with Crippen LogP contribution in [-0.4, -0.2) is 21.9 Å². The Hall–Kier alpha value is -1.50. The topological polar surface area (TPSA) is 55.0 Å². The van der Waals surface area contributed by atoms with E-state index in [1.54, 1.807) is 11.3 Å². The lowest BCUT2D eigenvalue weighted by Gasteiger charge is -2.16. The molecular weight excluding hydrogens is 348 g/mol. The first-order chi connectivity index (χ1) is 10.1. The van der Waals surface area contributed by atoms with Crippen LogP contribution in [0.25, 0.3) is 10.2 Å². The second-order valence-electron chi connectivity index (χ2n) is 4.96. The zero-order valence-electron chi connectivity index (χ0n) is 11.6. The van der Waals surface area contributed by atoms with Crippen molar-refractivity contribution < 1.29 is 0 Å². The van der Waals surface area contributed by atoms with Crippen molar-refractivity contribution in [2.45, 2.75) is 13.1 Å². The van der Waals surface area contributed by atoms with Gasteiger partial charge in [-0.15, -0.1) is 11.3 Å². The van der Waals surface area contributed by atoms with E-state index >= 15 is 0 Å². The predicted molar refractivity (Wildman–Crippen MR) is 91.1 cm³/mol. The van der Waals surface area contributed by atoms with E-state index in [9.17, 15) is 0 Å². The number of halogens is 1. The molecule has 3 aromatic rings. The van der Waals surface area contributed by atoms with E-state index in [0.29, 0.717) is 12.4 Å². The first kappa shape index (κ1) is 14.4. The Morgan fingerprint density at radius 2 is 1.90 bits per heavy atom. The molecular formula is C15H15BrN4S. The number of nitrogen functional groups attached to an aromatic ring is 1. The number of thiophene rings is 1. The summed E-state index contributed by atoms with van der Waals surface area (Å²) in [7, 11) is 2.06. The van der Waals surface area contributed by atoms with Crippen molar-refractivity contribution in [2.75, 3.05) is 12.8 Å². The number of benzene rings is 1. The van der Waals surface area contributed by atoms with Crippen LogP contribution in [-0.2, 0) is 13.1 Å². The second-order valence-corrected chi connectivity index (χ2v) is 6.77. The van der Waals surface area contributed by atoms with Crippen LogP contribution >= 0.6 is 27.3 Å². The van der Waals surface area contributed by atoms with E-state index in [1.807, 2.05) is 11.4 Å². The van der Waals surface area contributed by atoms with Gasteiger partial charge in [-0.1, -0.05) is 28.1 Å². The molecule has 6 heteroatoms. The zero-order chi connectivity index (χ0) is 14.8. The smallest absolute Gasteiger partial charge is 0.146 e. The van der Waals surface area contributed by atoms with Crippen molar-refractivity contribution in [3.05, 3.63) is 51.6 Å². The molecule has 2 aromatic heterocycles. The minimum atomic E-state index is 0.563. The van der Waals surface area contributed by atoms with Gasteiger partial charge in [-0.3, -0.25) is 4.90 Å². The van der Waals surface area contributed by atoms with Gasteiger partial charge in [0.1, 0.15) is 16.5 Å². The first-order valence-corrected chi connectivity index (χ1v) is 8.21. The predicted octanol–water partition coefficient (Wildman–Crippen LogP) is 3.67. The molecule has 3 rings (SSSR count). The molecule has 2 heterocycles. The van der Waals surface area contributed by atoms with Crippen molar-refractivity contribution in [1.29, 1.82) is 0 Å². The lowest BCUT2D eigenvalue weighted by Crippen LogP contribution is -2.19. The summed E-state index contributed by atoms with van der Waals surface area (Å²) in [5.41, 5.74) is 7.23. The maximum Gasteiger partial charge on any atom is 0.146 e. The third-order valence-electron chi connectivity index (χ3n) is 3.18. The molecule has 0 bridgehead atoms. The molecule has 108 valence electrons. The van der Waals surface area contributed by atoms with Gasteiger partial charge in [0.2, 0.25) is 0 Å². The molecule has 0 aliphatic carbocycles. The summed E-state index contributed by atoms with van der Waals surface area (Å²) >= 11 is 5.04. The van der Waals surface area contributed by atoms with Crippen LogP contribution < -0.4 is 5.73 Å². The molecule has 0 fully saturated rings. The molecule has 2 N–H and O–H groups in total. The fourth-order valence-corrected chi connectivity index (χ4v) is 3.25.